The highest BCUT2D eigenvalue weighted by molar-refractivity contribution is 5.80. The van der Waals surface area contributed by atoms with Gasteiger partial charge in [0.25, 0.3) is 0 Å². The summed E-state index contributed by atoms with van der Waals surface area (Å²) in [4.78, 5) is 17.4. The summed E-state index contributed by atoms with van der Waals surface area (Å²) < 4.78 is 0. The fourth-order valence-electron chi connectivity index (χ4n) is 1.63. The summed E-state index contributed by atoms with van der Waals surface area (Å²) in [5, 5.41) is 1.05. The Labute approximate surface area is 81.8 Å². The first-order chi connectivity index (χ1) is 6.81. The van der Waals surface area contributed by atoms with E-state index in [2.05, 4.69) is 23.0 Å². The molecule has 0 bridgehead atoms. The topological polar surface area (TPSA) is 45.8 Å². The summed E-state index contributed by atoms with van der Waals surface area (Å²) in [5.41, 5.74) is 1.83. The number of aryl methyl sites for hydroxylation is 1. The van der Waals surface area contributed by atoms with Crippen LogP contribution in [0.5, 0.6) is 0 Å². The van der Waals surface area contributed by atoms with Gasteiger partial charge < -0.3 is 4.98 Å². The molecule has 1 aromatic carbocycles. The highest BCUT2D eigenvalue weighted by Gasteiger charge is 2.00. The first-order valence-corrected chi connectivity index (χ1v) is 4.78. The lowest BCUT2D eigenvalue weighted by atomic mass is 10.1. The zero-order chi connectivity index (χ0) is 9.97. The van der Waals surface area contributed by atoms with Crippen molar-refractivity contribution in [2.75, 3.05) is 0 Å². The number of hydrogen-bond acceptors (Lipinski definition) is 2. The molecule has 0 saturated heterocycles. The molecule has 0 amide bonds. The van der Waals surface area contributed by atoms with E-state index in [9.17, 15) is 4.79 Å². The number of H-pyrrole nitrogens is 1. The van der Waals surface area contributed by atoms with Gasteiger partial charge in [0, 0.05) is 11.6 Å². The van der Waals surface area contributed by atoms with E-state index < -0.39 is 0 Å². The van der Waals surface area contributed by atoms with Crippen molar-refractivity contribution in [3.05, 3.63) is 40.4 Å². The summed E-state index contributed by atoms with van der Waals surface area (Å²) in [5.74, 6) is 0. The average Bonchev–Trinajstić information content (AvgIpc) is 2.18. The molecule has 0 aliphatic rings. The number of nitrogens with zero attached hydrogens (tertiary/aromatic N) is 1. The zero-order valence-electron chi connectivity index (χ0n) is 8.08. The van der Waals surface area contributed by atoms with E-state index in [0.717, 1.165) is 23.7 Å². The summed E-state index contributed by atoms with van der Waals surface area (Å²) in [7, 11) is 0. The van der Waals surface area contributed by atoms with E-state index in [1.807, 2.05) is 12.1 Å². The number of hydrogen-bond donors (Lipinski definition) is 1. The van der Waals surface area contributed by atoms with Crippen molar-refractivity contribution >= 4 is 10.9 Å². The summed E-state index contributed by atoms with van der Waals surface area (Å²) >= 11 is 0. The highest BCUT2D eigenvalue weighted by atomic mass is 16.1. The molecule has 2 aromatic rings. The maximum Gasteiger partial charge on any atom is 0.345 e. The third kappa shape index (κ3) is 1.53. The second kappa shape index (κ2) is 3.62. The van der Waals surface area contributed by atoms with Crippen molar-refractivity contribution in [2.24, 2.45) is 0 Å². The molecule has 0 radical (unpaired) electrons. The van der Waals surface area contributed by atoms with Crippen LogP contribution in [0.1, 0.15) is 18.9 Å². The predicted molar refractivity (Wildman–Crippen MR) is 56.4 cm³/mol. The molecule has 14 heavy (non-hydrogen) atoms. The lowest BCUT2D eigenvalue weighted by Gasteiger charge is -2.03. The smallest absolute Gasteiger partial charge is 0.305 e. The van der Waals surface area contributed by atoms with Crippen molar-refractivity contribution < 1.29 is 0 Å². The second-order valence-electron chi connectivity index (χ2n) is 3.32. The first-order valence-electron chi connectivity index (χ1n) is 4.78. The van der Waals surface area contributed by atoms with Crippen LogP contribution in [-0.2, 0) is 6.42 Å². The normalized spacial score (nSPS) is 10.6. The SMILES string of the molecule is CCCc1cccc2[nH]c(=O)ncc12. The van der Waals surface area contributed by atoms with Crippen LogP contribution < -0.4 is 5.69 Å². The van der Waals surface area contributed by atoms with Gasteiger partial charge in [0.1, 0.15) is 0 Å². The first kappa shape index (κ1) is 8.94. The molecular weight excluding hydrogens is 176 g/mol. The molecule has 0 spiro atoms. The van der Waals surface area contributed by atoms with Gasteiger partial charge in [-0.05, 0) is 18.1 Å². The van der Waals surface area contributed by atoms with Gasteiger partial charge in [-0.15, -0.1) is 0 Å². The van der Waals surface area contributed by atoms with Crippen molar-refractivity contribution in [2.45, 2.75) is 19.8 Å². The third-order valence-corrected chi connectivity index (χ3v) is 2.27. The highest BCUT2D eigenvalue weighted by Crippen LogP contribution is 2.15. The molecule has 1 N–H and O–H groups in total. The molecule has 0 aliphatic heterocycles. The number of aromatic nitrogens is 2. The second-order valence-corrected chi connectivity index (χ2v) is 3.32. The van der Waals surface area contributed by atoms with Crippen LogP contribution in [-0.4, -0.2) is 9.97 Å². The molecule has 72 valence electrons. The molecule has 3 nitrogen and oxygen atoms in total. The Morgan fingerprint density at radius 1 is 1.43 bits per heavy atom. The Kier molecular flexibility index (Phi) is 2.31. The minimum absolute atomic E-state index is 0.286. The Morgan fingerprint density at radius 3 is 3.07 bits per heavy atom. The molecule has 0 aliphatic carbocycles. The lowest BCUT2D eigenvalue weighted by Crippen LogP contribution is -2.09. The van der Waals surface area contributed by atoms with Crippen LogP contribution >= 0.6 is 0 Å². The van der Waals surface area contributed by atoms with Crippen LogP contribution in [0.25, 0.3) is 10.9 Å². The van der Waals surface area contributed by atoms with Crippen molar-refractivity contribution in [1.29, 1.82) is 0 Å². The summed E-state index contributed by atoms with van der Waals surface area (Å²) in [6.45, 7) is 2.14. The number of rotatable bonds is 2. The fraction of sp³-hybridized carbons (Fsp3) is 0.273. The van der Waals surface area contributed by atoms with Gasteiger partial charge in [-0.2, -0.15) is 0 Å². The van der Waals surface area contributed by atoms with Gasteiger partial charge in [0.2, 0.25) is 0 Å². The van der Waals surface area contributed by atoms with Gasteiger partial charge in [-0.3, -0.25) is 0 Å². The Balaban J connectivity index is 2.68. The van der Waals surface area contributed by atoms with Gasteiger partial charge in [0.05, 0.1) is 5.52 Å². The molecule has 1 aromatic heterocycles. The molecular formula is C11H12N2O. The molecule has 0 saturated carbocycles. The number of benzene rings is 1. The van der Waals surface area contributed by atoms with Crippen LogP contribution in [0, 0.1) is 0 Å². The number of fused-ring (bicyclic) bond motifs is 1. The average molecular weight is 188 g/mol. The Morgan fingerprint density at radius 2 is 2.29 bits per heavy atom. The minimum atomic E-state index is -0.286. The lowest BCUT2D eigenvalue weighted by molar-refractivity contribution is 0.927. The molecule has 3 heteroatoms. The van der Waals surface area contributed by atoms with Crippen molar-refractivity contribution in [3.63, 3.8) is 0 Å². The Bertz CT molecular complexity index is 502. The van der Waals surface area contributed by atoms with E-state index in [0.29, 0.717) is 0 Å². The molecule has 0 fully saturated rings. The maximum atomic E-state index is 11.0. The minimum Gasteiger partial charge on any atom is -0.305 e. The standard InChI is InChI=1S/C11H12N2O/c1-2-4-8-5-3-6-10-9(8)7-12-11(14)13-10/h3,5-7H,2,4H2,1H3,(H,12,13,14). The predicted octanol–water partition coefficient (Wildman–Crippen LogP) is 1.88. The molecule has 0 unspecified atom stereocenters. The number of nitrogens with one attached hydrogen (secondary N) is 1. The van der Waals surface area contributed by atoms with Gasteiger partial charge in [-0.25, -0.2) is 9.78 Å². The van der Waals surface area contributed by atoms with Crippen molar-refractivity contribution in [3.8, 4) is 0 Å². The van der Waals surface area contributed by atoms with E-state index in [1.165, 1.54) is 5.56 Å². The Hall–Kier alpha value is -1.64. The van der Waals surface area contributed by atoms with E-state index in [-0.39, 0.29) is 5.69 Å². The fourth-order valence-corrected chi connectivity index (χ4v) is 1.63. The quantitative estimate of drug-likeness (QED) is 0.782. The van der Waals surface area contributed by atoms with E-state index in [1.54, 1.807) is 6.20 Å². The summed E-state index contributed by atoms with van der Waals surface area (Å²) in [6, 6.07) is 5.94. The van der Waals surface area contributed by atoms with E-state index in [4.69, 9.17) is 0 Å². The maximum absolute atomic E-state index is 11.0. The van der Waals surface area contributed by atoms with Crippen LogP contribution in [0.2, 0.25) is 0 Å². The molecule has 0 atom stereocenters. The monoisotopic (exact) mass is 188 g/mol. The molecule has 1 heterocycles. The van der Waals surface area contributed by atoms with Gasteiger partial charge in [0.15, 0.2) is 0 Å². The van der Waals surface area contributed by atoms with Crippen LogP contribution in [0.3, 0.4) is 0 Å². The van der Waals surface area contributed by atoms with Crippen LogP contribution in [0.4, 0.5) is 0 Å². The van der Waals surface area contributed by atoms with Gasteiger partial charge in [-0.1, -0.05) is 25.5 Å². The number of aromatic amines is 1. The largest absolute Gasteiger partial charge is 0.345 e. The van der Waals surface area contributed by atoms with Crippen LogP contribution in [0.15, 0.2) is 29.2 Å². The van der Waals surface area contributed by atoms with Gasteiger partial charge >= 0.3 is 5.69 Å². The van der Waals surface area contributed by atoms with E-state index >= 15 is 0 Å². The summed E-state index contributed by atoms with van der Waals surface area (Å²) in [6.07, 6.45) is 3.77. The zero-order valence-corrected chi connectivity index (χ0v) is 8.08. The van der Waals surface area contributed by atoms with Crippen molar-refractivity contribution in [1.82, 2.24) is 9.97 Å². The molecule has 2 rings (SSSR count). The third-order valence-electron chi connectivity index (χ3n) is 2.27.